The van der Waals surface area contributed by atoms with Crippen molar-refractivity contribution in [2.24, 2.45) is 0 Å². The second-order valence-electron chi connectivity index (χ2n) is 1.59. The molecule has 0 aromatic heterocycles. The first kappa shape index (κ1) is 6.68. The minimum absolute atomic E-state index is 1.46. The summed E-state index contributed by atoms with van der Waals surface area (Å²) in [5, 5.41) is 0. The van der Waals surface area contributed by atoms with Gasteiger partial charge in [-0.1, -0.05) is 12.2 Å². The fraction of sp³-hybridized carbons (Fsp3) is 0. The molecule has 0 unspecified atom stereocenters. The molecule has 0 N–H and O–H groups in total. The molecule has 0 aliphatic carbocycles. The first-order valence-corrected chi connectivity index (χ1v) is 2.94. The lowest BCUT2D eigenvalue weighted by atomic mass is 10.5. The zero-order valence-corrected chi connectivity index (χ0v) is 5.44. The van der Waals surface area contributed by atoms with E-state index < -0.39 is 0 Å². The summed E-state index contributed by atoms with van der Waals surface area (Å²) in [6.07, 6.45) is 13.3. The van der Waals surface area contributed by atoms with Crippen LogP contribution in [0.4, 0.5) is 0 Å². The van der Waals surface area contributed by atoms with Crippen LogP contribution in [0, 0.1) is 0 Å². The topological polar surface area (TPSA) is 18.5 Å². The Balaban J connectivity index is 2.51. The normalized spacial score (nSPS) is 28.8. The predicted molar refractivity (Wildman–Crippen MR) is 38.7 cm³/mol. The van der Waals surface area contributed by atoms with Gasteiger partial charge in [-0.2, -0.15) is 0 Å². The molecular weight excluding hydrogens is 128 g/mol. The third kappa shape index (κ3) is 2.77. The first-order chi connectivity index (χ1) is 5.00. The zero-order chi connectivity index (χ0) is 7.07. The molecule has 0 amide bonds. The molecule has 1 aliphatic heterocycles. The van der Waals surface area contributed by atoms with E-state index in [4.69, 9.17) is 9.47 Å². The second-order valence-corrected chi connectivity index (χ2v) is 1.59. The van der Waals surface area contributed by atoms with Gasteiger partial charge in [-0.25, -0.2) is 0 Å². The smallest absolute Gasteiger partial charge is 0.125 e. The lowest BCUT2D eigenvalue weighted by molar-refractivity contribution is 0.344. The molecule has 0 spiro atoms. The molecule has 0 fully saturated rings. The summed E-state index contributed by atoms with van der Waals surface area (Å²) < 4.78 is 9.68. The fourth-order valence-electron chi connectivity index (χ4n) is 0.465. The van der Waals surface area contributed by atoms with Gasteiger partial charge in [0.25, 0.3) is 0 Å². The van der Waals surface area contributed by atoms with Gasteiger partial charge in [-0.3, -0.25) is 0 Å². The molecule has 1 heterocycles. The molecule has 2 heteroatoms. The van der Waals surface area contributed by atoms with Crippen molar-refractivity contribution in [2.45, 2.75) is 0 Å². The maximum atomic E-state index is 4.84. The Morgan fingerprint density at radius 2 is 1.00 bits per heavy atom. The number of ether oxygens (including phenoxy) is 2. The number of hydrogen-bond acceptors (Lipinski definition) is 2. The summed E-state index contributed by atoms with van der Waals surface area (Å²) in [6.45, 7) is 0. The molecule has 2 nitrogen and oxygen atoms in total. The Morgan fingerprint density at radius 3 is 1.50 bits per heavy atom. The molecule has 1 aliphatic rings. The van der Waals surface area contributed by atoms with Crippen molar-refractivity contribution >= 4 is 0 Å². The van der Waals surface area contributed by atoms with Gasteiger partial charge in [0, 0.05) is 0 Å². The van der Waals surface area contributed by atoms with Crippen molar-refractivity contribution in [2.75, 3.05) is 0 Å². The summed E-state index contributed by atoms with van der Waals surface area (Å²) in [5.74, 6) is 0. The number of hydrogen-bond donors (Lipinski definition) is 0. The van der Waals surface area contributed by atoms with Crippen molar-refractivity contribution in [3.63, 3.8) is 0 Å². The Morgan fingerprint density at radius 1 is 0.500 bits per heavy atom. The Bertz CT molecular complexity index is 167. The molecule has 0 saturated carbocycles. The second kappa shape index (κ2) is 4.44. The Labute approximate surface area is 59.8 Å². The van der Waals surface area contributed by atoms with Crippen molar-refractivity contribution in [3.8, 4) is 0 Å². The third-order valence-electron chi connectivity index (χ3n) is 0.860. The highest BCUT2D eigenvalue weighted by Crippen LogP contribution is 1.88. The predicted octanol–water partition coefficient (Wildman–Crippen LogP) is 2.09. The van der Waals surface area contributed by atoms with E-state index in [1.54, 1.807) is 24.7 Å². The molecular formula is C8H8O2. The first-order valence-electron chi connectivity index (χ1n) is 2.94. The number of allylic oxidation sites excluding steroid dienone is 4. The average Bonchev–Trinajstić information content (AvgIpc) is 2.01. The van der Waals surface area contributed by atoms with Gasteiger partial charge >= 0.3 is 0 Å². The molecule has 0 aromatic carbocycles. The lowest BCUT2D eigenvalue weighted by Gasteiger charge is -1.90. The molecule has 52 valence electrons. The van der Waals surface area contributed by atoms with Crippen molar-refractivity contribution in [1.82, 2.24) is 0 Å². The standard InChI is InChI=1S/C8H8O2/c1-2-4-6-10-8-7-9-5-3-1/h1-8H/b2-1-,5-3-,6-4-,8-7-. The molecule has 0 aromatic rings. The summed E-state index contributed by atoms with van der Waals surface area (Å²) in [6, 6.07) is 0. The van der Waals surface area contributed by atoms with Crippen LogP contribution in [0.1, 0.15) is 0 Å². The van der Waals surface area contributed by atoms with Crippen LogP contribution in [0.5, 0.6) is 0 Å². The third-order valence-corrected chi connectivity index (χ3v) is 0.860. The highest BCUT2D eigenvalue weighted by molar-refractivity contribution is 5.09. The zero-order valence-electron chi connectivity index (χ0n) is 5.44. The van der Waals surface area contributed by atoms with Crippen LogP contribution in [0.2, 0.25) is 0 Å². The van der Waals surface area contributed by atoms with E-state index in [-0.39, 0.29) is 0 Å². The van der Waals surface area contributed by atoms with E-state index >= 15 is 0 Å². The van der Waals surface area contributed by atoms with Gasteiger partial charge in [0.2, 0.25) is 0 Å². The van der Waals surface area contributed by atoms with Gasteiger partial charge < -0.3 is 9.47 Å². The van der Waals surface area contributed by atoms with Gasteiger partial charge in [0.1, 0.15) is 12.5 Å². The highest BCUT2D eigenvalue weighted by Gasteiger charge is 1.71. The van der Waals surface area contributed by atoms with Crippen LogP contribution < -0.4 is 0 Å². The minimum Gasteiger partial charge on any atom is -0.469 e. The fourth-order valence-corrected chi connectivity index (χ4v) is 0.465. The quantitative estimate of drug-likeness (QED) is 0.507. The summed E-state index contributed by atoms with van der Waals surface area (Å²) in [5.41, 5.74) is 0. The monoisotopic (exact) mass is 136 g/mol. The van der Waals surface area contributed by atoms with Crippen LogP contribution in [-0.2, 0) is 9.47 Å². The van der Waals surface area contributed by atoms with Crippen LogP contribution >= 0.6 is 0 Å². The van der Waals surface area contributed by atoms with Crippen molar-refractivity contribution < 1.29 is 9.47 Å². The summed E-state index contributed by atoms with van der Waals surface area (Å²) in [7, 11) is 0. The molecule has 0 atom stereocenters. The Kier molecular flexibility index (Phi) is 2.96. The van der Waals surface area contributed by atoms with Crippen molar-refractivity contribution in [1.29, 1.82) is 0 Å². The summed E-state index contributed by atoms with van der Waals surface area (Å²) in [4.78, 5) is 0. The van der Waals surface area contributed by atoms with Crippen LogP contribution in [0.15, 0.2) is 49.4 Å². The SMILES string of the molecule is C1=C\C=C/O/C=C\O\C=C/1. The van der Waals surface area contributed by atoms with E-state index in [0.29, 0.717) is 0 Å². The molecule has 10 heavy (non-hydrogen) atoms. The van der Waals surface area contributed by atoms with Gasteiger partial charge in [0.15, 0.2) is 0 Å². The van der Waals surface area contributed by atoms with Crippen LogP contribution in [0.3, 0.4) is 0 Å². The van der Waals surface area contributed by atoms with E-state index in [1.165, 1.54) is 12.5 Å². The van der Waals surface area contributed by atoms with Crippen LogP contribution in [-0.4, -0.2) is 0 Å². The Hall–Kier alpha value is -1.44. The molecule has 0 radical (unpaired) electrons. The largest absolute Gasteiger partial charge is 0.469 e. The maximum absolute atomic E-state index is 4.84. The number of rotatable bonds is 0. The maximum Gasteiger partial charge on any atom is 0.125 e. The minimum atomic E-state index is 1.46. The van der Waals surface area contributed by atoms with E-state index in [0.717, 1.165) is 0 Å². The van der Waals surface area contributed by atoms with E-state index in [2.05, 4.69) is 0 Å². The molecule has 0 bridgehead atoms. The van der Waals surface area contributed by atoms with Crippen molar-refractivity contribution in [3.05, 3.63) is 49.4 Å². The lowest BCUT2D eigenvalue weighted by Crippen LogP contribution is -1.69. The van der Waals surface area contributed by atoms with Gasteiger partial charge in [-0.05, 0) is 12.2 Å². The van der Waals surface area contributed by atoms with E-state index in [9.17, 15) is 0 Å². The highest BCUT2D eigenvalue weighted by atomic mass is 16.5. The molecule has 0 saturated heterocycles. The van der Waals surface area contributed by atoms with Gasteiger partial charge in [-0.15, -0.1) is 0 Å². The van der Waals surface area contributed by atoms with E-state index in [1.807, 2.05) is 12.2 Å². The average molecular weight is 136 g/mol. The van der Waals surface area contributed by atoms with Gasteiger partial charge in [0.05, 0.1) is 12.5 Å². The summed E-state index contributed by atoms with van der Waals surface area (Å²) >= 11 is 0. The molecule has 1 rings (SSSR count). The van der Waals surface area contributed by atoms with Crippen LogP contribution in [0.25, 0.3) is 0 Å².